The lowest BCUT2D eigenvalue weighted by molar-refractivity contribution is -0.141. The Labute approximate surface area is 238 Å². The van der Waals surface area contributed by atoms with Gasteiger partial charge >= 0.3 is 0 Å². The quantitative estimate of drug-likeness (QED) is 0.334. The number of amides is 2. The van der Waals surface area contributed by atoms with Crippen LogP contribution in [-0.4, -0.2) is 58.1 Å². The molecule has 0 radical (unpaired) electrons. The maximum absolute atomic E-state index is 13.8. The summed E-state index contributed by atoms with van der Waals surface area (Å²) < 4.78 is 32.0. The van der Waals surface area contributed by atoms with Crippen molar-refractivity contribution < 1.29 is 22.7 Å². The summed E-state index contributed by atoms with van der Waals surface area (Å²) in [4.78, 5) is 28.5. The van der Waals surface area contributed by atoms with Gasteiger partial charge in [-0.3, -0.25) is 13.9 Å². The van der Waals surface area contributed by atoms with Crippen molar-refractivity contribution in [2.24, 2.45) is 0 Å². The first kappa shape index (κ1) is 30.7. The molecular weight excluding hydrogens is 526 g/mol. The second-order valence-electron chi connectivity index (χ2n) is 9.98. The van der Waals surface area contributed by atoms with Crippen molar-refractivity contribution in [3.63, 3.8) is 0 Å². The lowest BCUT2D eigenvalue weighted by atomic mass is 10.0. The molecule has 3 rings (SSSR count). The fraction of sp³-hybridized carbons (Fsp3) is 0.355. The third-order valence-electron chi connectivity index (χ3n) is 6.65. The minimum absolute atomic E-state index is 0.0725. The first-order chi connectivity index (χ1) is 19.0. The van der Waals surface area contributed by atoms with E-state index in [1.807, 2.05) is 86.6 Å². The monoisotopic (exact) mass is 565 g/mol. The highest BCUT2D eigenvalue weighted by Crippen LogP contribution is 2.23. The molecule has 0 aromatic heterocycles. The summed E-state index contributed by atoms with van der Waals surface area (Å²) in [6.07, 6.45) is 1.87. The maximum Gasteiger partial charge on any atom is 0.242 e. The largest absolute Gasteiger partial charge is 0.497 e. The number of rotatable bonds is 13. The van der Waals surface area contributed by atoms with E-state index in [2.05, 4.69) is 5.32 Å². The van der Waals surface area contributed by atoms with E-state index < -0.39 is 16.1 Å². The van der Waals surface area contributed by atoms with Crippen molar-refractivity contribution in [2.75, 3.05) is 31.3 Å². The average Bonchev–Trinajstić information content (AvgIpc) is 2.91. The maximum atomic E-state index is 13.8. The molecule has 2 amide bonds. The van der Waals surface area contributed by atoms with Crippen LogP contribution in [0.25, 0.3) is 0 Å². The number of likely N-dealkylation sites (N-methyl/N-ethyl adjacent to an activating group) is 1. The molecule has 0 bridgehead atoms. The molecule has 40 heavy (non-hydrogen) atoms. The molecule has 0 fully saturated rings. The van der Waals surface area contributed by atoms with Crippen LogP contribution in [0.5, 0.6) is 5.75 Å². The molecule has 0 aliphatic heterocycles. The first-order valence-electron chi connectivity index (χ1n) is 13.3. The van der Waals surface area contributed by atoms with Gasteiger partial charge in [-0.25, -0.2) is 8.42 Å². The van der Waals surface area contributed by atoms with Gasteiger partial charge in [0, 0.05) is 33.0 Å². The molecule has 0 heterocycles. The van der Waals surface area contributed by atoms with E-state index in [4.69, 9.17) is 4.74 Å². The predicted octanol–water partition coefficient (Wildman–Crippen LogP) is 4.24. The molecular formula is C31H39N3O5S. The summed E-state index contributed by atoms with van der Waals surface area (Å²) in [6, 6.07) is 21.8. The Bertz CT molecular complexity index is 1390. The number of hydrogen-bond acceptors (Lipinski definition) is 5. The Morgan fingerprint density at radius 1 is 0.925 bits per heavy atom. The number of methoxy groups -OCH3 is 1. The normalized spacial score (nSPS) is 11.9. The van der Waals surface area contributed by atoms with Crippen LogP contribution in [0.3, 0.4) is 0 Å². The number of benzene rings is 3. The van der Waals surface area contributed by atoms with Gasteiger partial charge in [0.05, 0.1) is 19.1 Å². The van der Waals surface area contributed by atoms with Gasteiger partial charge in [0.25, 0.3) is 0 Å². The van der Waals surface area contributed by atoms with Crippen molar-refractivity contribution in [3.05, 3.63) is 95.1 Å². The summed E-state index contributed by atoms with van der Waals surface area (Å²) in [5.74, 6) is 0.149. The van der Waals surface area contributed by atoms with E-state index in [1.165, 1.54) is 10.6 Å². The third kappa shape index (κ3) is 8.58. The Balaban J connectivity index is 1.87. The Kier molecular flexibility index (Phi) is 10.7. The number of carbonyl (C=O) groups excluding carboxylic acids is 2. The average molecular weight is 566 g/mol. The molecule has 3 aromatic rings. The van der Waals surface area contributed by atoms with Crippen LogP contribution in [0.2, 0.25) is 0 Å². The lowest BCUT2D eigenvalue weighted by Gasteiger charge is -2.31. The van der Waals surface area contributed by atoms with Crippen LogP contribution in [0.4, 0.5) is 5.69 Å². The van der Waals surface area contributed by atoms with Gasteiger partial charge in [0.1, 0.15) is 11.8 Å². The molecule has 8 nitrogen and oxygen atoms in total. The lowest BCUT2D eigenvalue weighted by Crippen LogP contribution is -2.49. The van der Waals surface area contributed by atoms with Crippen molar-refractivity contribution in [3.8, 4) is 5.75 Å². The van der Waals surface area contributed by atoms with Crippen LogP contribution in [0.1, 0.15) is 35.1 Å². The van der Waals surface area contributed by atoms with Gasteiger partial charge < -0.3 is 15.0 Å². The molecule has 0 saturated carbocycles. The number of ether oxygens (including phenoxy) is 1. The highest BCUT2D eigenvalue weighted by molar-refractivity contribution is 7.92. The van der Waals surface area contributed by atoms with E-state index in [-0.39, 0.29) is 31.3 Å². The number of nitrogens with one attached hydrogen (secondary N) is 1. The van der Waals surface area contributed by atoms with Crippen molar-refractivity contribution >= 4 is 27.5 Å². The van der Waals surface area contributed by atoms with Gasteiger partial charge in [0.15, 0.2) is 0 Å². The summed E-state index contributed by atoms with van der Waals surface area (Å²) >= 11 is 0. The van der Waals surface area contributed by atoms with Gasteiger partial charge in [-0.05, 0) is 66.8 Å². The van der Waals surface area contributed by atoms with Gasteiger partial charge in [-0.15, -0.1) is 0 Å². The Morgan fingerprint density at radius 3 is 2.17 bits per heavy atom. The second-order valence-corrected chi connectivity index (χ2v) is 11.9. The molecule has 1 N–H and O–H groups in total. The number of sulfonamides is 1. The number of hydrogen-bond donors (Lipinski definition) is 1. The fourth-order valence-electron chi connectivity index (χ4n) is 4.79. The number of nitrogens with zero attached hydrogens (tertiary/aromatic N) is 2. The molecule has 0 saturated heterocycles. The summed E-state index contributed by atoms with van der Waals surface area (Å²) in [5.41, 5.74) is 4.24. The molecule has 9 heteroatoms. The third-order valence-corrected chi connectivity index (χ3v) is 7.85. The topological polar surface area (TPSA) is 96.0 Å². The van der Waals surface area contributed by atoms with Crippen LogP contribution in [0, 0.1) is 13.8 Å². The first-order valence-corrected chi connectivity index (χ1v) is 15.1. The molecule has 0 spiro atoms. The minimum atomic E-state index is -3.57. The number of anilines is 1. The fourth-order valence-corrected chi connectivity index (χ4v) is 5.74. The zero-order chi connectivity index (χ0) is 29.3. The Hall–Kier alpha value is -3.85. The van der Waals surface area contributed by atoms with Gasteiger partial charge in [-0.2, -0.15) is 0 Å². The SMILES string of the molecule is CNC(=O)[C@H](Cc1ccccc1)N(Cc1cccc(OC)c1)C(=O)CCCN(c1cc(C)cc(C)c1)S(C)(=O)=O. The van der Waals surface area contributed by atoms with E-state index in [1.54, 1.807) is 19.1 Å². The smallest absolute Gasteiger partial charge is 0.242 e. The highest BCUT2D eigenvalue weighted by Gasteiger charge is 2.30. The molecule has 0 aliphatic rings. The number of aryl methyl sites for hydroxylation is 2. The second kappa shape index (κ2) is 14.0. The highest BCUT2D eigenvalue weighted by atomic mass is 32.2. The van der Waals surface area contributed by atoms with E-state index in [9.17, 15) is 18.0 Å². The minimum Gasteiger partial charge on any atom is -0.497 e. The van der Waals surface area contributed by atoms with Crippen molar-refractivity contribution in [2.45, 2.75) is 45.7 Å². The van der Waals surface area contributed by atoms with E-state index in [0.717, 1.165) is 22.3 Å². The molecule has 3 aromatic carbocycles. The van der Waals surface area contributed by atoms with Crippen molar-refractivity contribution in [1.29, 1.82) is 0 Å². The summed E-state index contributed by atoms with van der Waals surface area (Å²) in [6.45, 7) is 4.18. The molecule has 0 aliphatic carbocycles. The zero-order valence-corrected chi connectivity index (χ0v) is 24.7. The van der Waals surface area contributed by atoms with Crippen molar-refractivity contribution in [1.82, 2.24) is 10.2 Å². The van der Waals surface area contributed by atoms with Crippen LogP contribution >= 0.6 is 0 Å². The van der Waals surface area contributed by atoms with Crippen LogP contribution in [-0.2, 0) is 32.6 Å². The molecule has 1 atom stereocenters. The standard InChI is InChI=1S/C31H39N3O5S/c1-23-17-24(2)19-27(18-23)34(40(5,37)38)16-10-15-30(35)33(22-26-13-9-14-28(20-26)39-4)29(31(36)32-3)21-25-11-7-6-8-12-25/h6-9,11-14,17-20,29H,10,15-16,21-22H2,1-5H3,(H,32,36)/t29-/m0/s1. The van der Waals surface area contributed by atoms with Gasteiger partial charge in [-0.1, -0.05) is 48.5 Å². The van der Waals surface area contributed by atoms with Crippen LogP contribution in [0.15, 0.2) is 72.8 Å². The molecule has 0 unspecified atom stereocenters. The van der Waals surface area contributed by atoms with Gasteiger partial charge in [0.2, 0.25) is 21.8 Å². The Morgan fingerprint density at radius 2 is 1.57 bits per heavy atom. The zero-order valence-electron chi connectivity index (χ0n) is 23.9. The van der Waals surface area contributed by atoms with E-state index in [0.29, 0.717) is 24.3 Å². The molecule has 214 valence electrons. The summed E-state index contributed by atoms with van der Waals surface area (Å²) in [7, 11) is -0.435. The number of carbonyl (C=O) groups is 2. The van der Waals surface area contributed by atoms with E-state index >= 15 is 0 Å². The predicted molar refractivity (Wildman–Crippen MR) is 159 cm³/mol. The summed E-state index contributed by atoms with van der Waals surface area (Å²) in [5, 5.41) is 2.71. The van der Waals surface area contributed by atoms with Crippen LogP contribution < -0.4 is 14.4 Å².